The summed E-state index contributed by atoms with van der Waals surface area (Å²) in [4.78, 5) is 27.9. The standard InChI is InChI=1S/C24H32ClN3O5S/c1-5-14-26-24(30)22(6-2)27(16-18-10-12-21(33-3)13-11-18)23(29)17-28(34(4,31)32)20-9-7-8-19(25)15-20/h7-13,15,22H,5-6,14,16-17H2,1-4H3,(H,26,30)/t22-/m1/s1. The van der Waals surface area contributed by atoms with Gasteiger partial charge in [-0.2, -0.15) is 0 Å². The van der Waals surface area contributed by atoms with E-state index in [0.717, 1.165) is 22.5 Å². The van der Waals surface area contributed by atoms with Gasteiger partial charge in [-0.25, -0.2) is 8.42 Å². The lowest BCUT2D eigenvalue weighted by Crippen LogP contribution is -2.52. The Labute approximate surface area is 206 Å². The first-order chi connectivity index (χ1) is 16.1. The lowest BCUT2D eigenvalue weighted by molar-refractivity contribution is -0.140. The minimum atomic E-state index is -3.80. The summed E-state index contributed by atoms with van der Waals surface area (Å²) in [5, 5.41) is 3.19. The van der Waals surface area contributed by atoms with Crippen molar-refractivity contribution < 1.29 is 22.7 Å². The van der Waals surface area contributed by atoms with Gasteiger partial charge >= 0.3 is 0 Å². The van der Waals surface area contributed by atoms with Gasteiger partial charge in [0, 0.05) is 18.1 Å². The zero-order chi connectivity index (χ0) is 25.3. The molecule has 0 aliphatic carbocycles. The Morgan fingerprint density at radius 1 is 1.12 bits per heavy atom. The third-order valence-corrected chi connectivity index (χ3v) is 6.60. The normalized spacial score (nSPS) is 12.0. The Kier molecular flexibility index (Phi) is 10.2. The summed E-state index contributed by atoms with van der Waals surface area (Å²) < 4.78 is 31.3. The molecule has 0 fully saturated rings. The van der Waals surface area contributed by atoms with E-state index in [1.165, 1.54) is 11.0 Å². The molecule has 0 spiro atoms. The van der Waals surface area contributed by atoms with Gasteiger partial charge in [-0.05, 0) is 48.7 Å². The molecular weight excluding hydrogens is 478 g/mol. The minimum absolute atomic E-state index is 0.133. The molecule has 2 aromatic carbocycles. The molecule has 0 radical (unpaired) electrons. The van der Waals surface area contributed by atoms with Crippen LogP contribution in [0.4, 0.5) is 5.69 Å². The van der Waals surface area contributed by atoms with Crippen LogP contribution in [0.1, 0.15) is 32.3 Å². The Morgan fingerprint density at radius 2 is 1.79 bits per heavy atom. The summed E-state index contributed by atoms with van der Waals surface area (Å²) in [6.45, 7) is 3.91. The SMILES string of the molecule is CCCNC(=O)[C@@H](CC)N(Cc1ccc(OC)cc1)C(=O)CN(c1cccc(Cl)c1)S(C)(=O)=O. The van der Waals surface area contributed by atoms with Crippen molar-refractivity contribution in [3.05, 3.63) is 59.1 Å². The molecule has 0 aromatic heterocycles. The third kappa shape index (κ3) is 7.63. The van der Waals surface area contributed by atoms with Crippen LogP contribution in [0.15, 0.2) is 48.5 Å². The summed E-state index contributed by atoms with van der Waals surface area (Å²) in [7, 11) is -2.24. The van der Waals surface area contributed by atoms with Crippen LogP contribution in [0.2, 0.25) is 5.02 Å². The zero-order valence-corrected chi connectivity index (χ0v) is 21.5. The van der Waals surface area contributed by atoms with E-state index < -0.39 is 28.5 Å². The van der Waals surface area contributed by atoms with Crippen molar-refractivity contribution in [1.29, 1.82) is 0 Å². The average Bonchev–Trinajstić information content (AvgIpc) is 2.80. The van der Waals surface area contributed by atoms with Crippen LogP contribution < -0.4 is 14.4 Å². The minimum Gasteiger partial charge on any atom is -0.497 e. The fourth-order valence-electron chi connectivity index (χ4n) is 3.46. The van der Waals surface area contributed by atoms with Gasteiger partial charge in [0.2, 0.25) is 21.8 Å². The largest absolute Gasteiger partial charge is 0.497 e. The number of methoxy groups -OCH3 is 1. The summed E-state index contributed by atoms with van der Waals surface area (Å²) in [6, 6.07) is 12.7. The maximum atomic E-state index is 13.5. The molecule has 0 saturated heterocycles. The number of halogens is 1. The van der Waals surface area contributed by atoms with Crippen LogP contribution in [-0.2, 0) is 26.2 Å². The van der Waals surface area contributed by atoms with Crippen LogP contribution in [0.3, 0.4) is 0 Å². The van der Waals surface area contributed by atoms with Gasteiger partial charge in [0.1, 0.15) is 18.3 Å². The van der Waals surface area contributed by atoms with Crippen molar-refractivity contribution in [2.75, 3.05) is 30.8 Å². The molecule has 8 nitrogen and oxygen atoms in total. The third-order valence-electron chi connectivity index (χ3n) is 5.22. The summed E-state index contributed by atoms with van der Waals surface area (Å²) in [5.41, 5.74) is 1.06. The molecule has 0 unspecified atom stereocenters. The van der Waals surface area contributed by atoms with Gasteiger partial charge in [0.05, 0.1) is 19.1 Å². The summed E-state index contributed by atoms with van der Waals surface area (Å²) in [6.07, 6.45) is 2.15. The first kappa shape index (κ1) is 27.5. The fourth-order valence-corrected chi connectivity index (χ4v) is 4.48. The van der Waals surface area contributed by atoms with Crippen molar-refractivity contribution in [2.24, 2.45) is 0 Å². The van der Waals surface area contributed by atoms with Crippen molar-refractivity contribution >= 4 is 39.1 Å². The van der Waals surface area contributed by atoms with Crippen molar-refractivity contribution in [3.8, 4) is 5.75 Å². The Morgan fingerprint density at radius 3 is 2.32 bits per heavy atom. The highest BCUT2D eigenvalue weighted by atomic mass is 35.5. The Bertz CT molecular complexity index is 1080. The molecule has 0 aliphatic heterocycles. The molecule has 0 bridgehead atoms. The number of hydrogen-bond acceptors (Lipinski definition) is 5. The van der Waals surface area contributed by atoms with Crippen LogP contribution in [-0.4, -0.2) is 57.6 Å². The molecule has 0 saturated carbocycles. The van der Waals surface area contributed by atoms with E-state index in [-0.39, 0.29) is 18.1 Å². The van der Waals surface area contributed by atoms with Crippen molar-refractivity contribution in [2.45, 2.75) is 39.3 Å². The number of carbonyl (C=O) groups excluding carboxylic acids is 2. The first-order valence-corrected chi connectivity index (χ1v) is 13.3. The highest BCUT2D eigenvalue weighted by Gasteiger charge is 2.31. The number of amides is 2. The summed E-state index contributed by atoms with van der Waals surface area (Å²) in [5.74, 6) is -0.113. The number of anilines is 1. The van der Waals surface area contributed by atoms with Gasteiger partial charge in [0.15, 0.2) is 0 Å². The number of sulfonamides is 1. The number of rotatable bonds is 12. The second-order valence-electron chi connectivity index (χ2n) is 7.83. The van der Waals surface area contributed by atoms with E-state index in [1.54, 1.807) is 49.6 Å². The molecular formula is C24H32ClN3O5S. The van der Waals surface area contributed by atoms with E-state index >= 15 is 0 Å². The molecule has 1 atom stereocenters. The summed E-state index contributed by atoms with van der Waals surface area (Å²) >= 11 is 6.05. The number of benzene rings is 2. The Hall–Kier alpha value is -2.78. The number of nitrogens with one attached hydrogen (secondary N) is 1. The topological polar surface area (TPSA) is 96.0 Å². The number of hydrogen-bond donors (Lipinski definition) is 1. The van der Waals surface area contributed by atoms with Gasteiger partial charge in [-0.1, -0.05) is 43.6 Å². The number of ether oxygens (including phenoxy) is 1. The monoisotopic (exact) mass is 509 g/mol. The fraction of sp³-hybridized carbons (Fsp3) is 0.417. The molecule has 34 heavy (non-hydrogen) atoms. The molecule has 2 amide bonds. The predicted octanol–water partition coefficient (Wildman–Crippen LogP) is 3.45. The first-order valence-electron chi connectivity index (χ1n) is 11.0. The van der Waals surface area contributed by atoms with Gasteiger partial charge in [-0.3, -0.25) is 13.9 Å². The molecule has 0 aliphatic rings. The van der Waals surface area contributed by atoms with Crippen LogP contribution >= 0.6 is 11.6 Å². The second-order valence-corrected chi connectivity index (χ2v) is 10.2. The van der Waals surface area contributed by atoms with Gasteiger partial charge in [0.25, 0.3) is 0 Å². The lowest BCUT2D eigenvalue weighted by Gasteiger charge is -2.33. The molecule has 186 valence electrons. The van der Waals surface area contributed by atoms with E-state index in [0.29, 0.717) is 23.7 Å². The van der Waals surface area contributed by atoms with E-state index in [9.17, 15) is 18.0 Å². The molecule has 0 heterocycles. The molecule has 2 rings (SSSR count). The van der Waals surface area contributed by atoms with E-state index in [2.05, 4.69) is 5.32 Å². The van der Waals surface area contributed by atoms with Crippen LogP contribution in [0.25, 0.3) is 0 Å². The maximum Gasteiger partial charge on any atom is 0.244 e. The number of nitrogens with zero attached hydrogens (tertiary/aromatic N) is 2. The zero-order valence-electron chi connectivity index (χ0n) is 20.0. The highest BCUT2D eigenvalue weighted by Crippen LogP contribution is 2.23. The van der Waals surface area contributed by atoms with Crippen LogP contribution in [0.5, 0.6) is 5.75 Å². The quantitative estimate of drug-likeness (QED) is 0.472. The maximum absolute atomic E-state index is 13.5. The molecule has 2 aromatic rings. The predicted molar refractivity (Wildman–Crippen MR) is 135 cm³/mol. The van der Waals surface area contributed by atoms with Gasteiger partial charge in [-0.15, -0.1) is 0 Å². The Balaban J connectivity index is 2.41. The lowest BCUT2D eigenvalue weighted by atomic mass is 10.1. The van der Waals surface area contributed by atoms with Gasteiger partial charge < -0.3 is 15.0 Å². The second kappa shape index (κ2) is 12.6. The van der Waals surface area contributed by atoms with E-state index in [4.69, 9.17) is 16.3 Å². The van der Waals surface area contributed by atoms with Crippen LogP contribution in [0, 0.1) is 0 Å². The molecule has 10 heteroatoms. The van der Waals surface area contributed by atoms with Crippen molar-refractivity contribution in [1.82, 2.24) is 10.2 Å². The smallest absolute Gasteiger partial charge is 0.244 e. The van der Waals surface area contributed by atoms with E-state index in [1.807, 2.05) is 13.8 Å². The highest BCUT2D eigenvalue weighted by molar-refractivity contribution is 7.92. The van der Waals surface area contributed by atoms with Crippen molar-refractivity contribution in [3.63, 3.8) is 0 Å². The number of carbonyl (C=O) groups is 2. The molecule has 1 N–H and O–H groups in total. The average molecular weight is 510 g/mol.